The fraction of sp³-hybridized carbons (Fsp3) is 0.909. The molecule has 1 saturated heterocycles. The molecule has 1 aliphatic heterocycles. The first-order valence-electron chi connectivity index (χ1n) is 5.73. The topological polar surface area (TPSA) is 29.5 Å². The fourth-order valence-corrected chi connectivity index (χ4v) is 2.03. The van der Waals surface area contributed by atoms with E-state index in [9.17, 15) is 4.79 Å². The highest BCUT2D eigenvalue weighted by Crippen LogP contribution is 2.20. The number of rotatable bonds is 5. The van der Waals surface area contributed by atoms with Crippen LogP contribution in [0.3, 0.4) is 0 Å². The summed E-state index contributed by atoms with van der Waals surface area (Å²) in [6.45, 7) is 6.09. The van der Waals surface area contributed by atoms with Gasteiger partial charge in [0.25, 0.3) is 0 Å². The van der Waals surface area contributed by atoms with Crippen LogP contribution in [0.2, 0.25) is 0 Å². The largest absolute Gasteiger partial charge is 0.380 e. The smallest absolute Gasteiger partial charge is 0.240 e. The standard InChI is InChI=1S/C11H20ClNO2/c1-3-10(12)11(14)13-7-5-6-9(13)8-15-4-2/h9-10H,3-8H2,1-2H3/t9-,10+/m0/s1. The summed E-state index contributed by atoms with van der Waals surface area (Å²) in [5, 5.41) is -0.368. The molecule has 2 atom stereocenters. The third kappa shape index (κ3) is 3.35. The van der Waals surface area contributed by atoms with Crippen molar-refractivity contribution in [2.75, 3.05) is 19.8 Å². The second kappa shape index (κ2) is 6.33. The molecule has 0 spiro atoms. The highest BCUT2D eigenvalue weighted by molar-refractivity contribution is 6.30. The molecular formula is C11H20ClNO2. The molecule has 0 saturated carbocycles. The van der Waals surface area contributed by atoms with Crippen molar-refractivity contribution in [3.63, 3.8) is 0 Å². The van der Waals surface area contributed by atoms with Gasteiger partial charge in [-0.1, -0.05) is 6.92 Å². The lowest BCUT2D eigenvalue weighted by Gasteiger charge is -2.26. The molecule has 0 bridgehead atoms. The predicted molar refractivity (Wildman–Crippen MR) is 61.2 cm³/mol. The molecule has 0 aliphatic carbocycles. The van der Waals surface area contributed by atoms with Crippen molar-refractivity contribution in [1.29, 1.82) is 0 Å². The number of alkyl halides is 1. The quantitative estimate of drug-likeness (QED) is 0.680. The summed E-state index contributed by atoms with van der Waals surface area (Å²) in [7, 11) is 0. The number of amides is 1. The highest BCUT2D eigenvalue weighted by atomic mass is 35.5. The summed E-state index contributed by atoms with van der Waals surface area (Å²) in [4.78, 5) is 13.8. The van der Waals surface area contributed by atoms with Crippen molar-refractivity contribution < 1.29 is 9.53 Å². The SMILES string of the molecule is CCOC[C@@H]1CCCN1C(=O)[C@H](Cl)CC. The van der Waals surface area contributed by atoms with Crippen LogP contribution >= 0.6 is 11.6 Å². The van der Waals surface area contributed by atoms with Crippen LogP contribution in [0, 0.1) is 0 Å². The van der Waals surface area contributed by atoms with Gasteiger partial charge >= 0.3 is 0 Å². The molecule has 1 aliphatic rings. The Morgan fingerprint density at radius 1 is 1.60 bits per heavy atom. The molecule has 3 nitrogen and oxygen atoms in total. The van der Waals surface area contributed by atoms with Gasteiger partial charge in [-0.3, -0.25) is 4.79 Å². The minimum atomic E-state index is -0.368. The Morgan fingerprint density at radius 3 is 2.93 bits per heavy atom. The van der Waals surface area contributed by atoms with Gasteiger partial charge in [0.2, 0.25) is 5.91 Å². The third-order valence-corrected chi connectivity index (χ3v) is 3.30. The molecule has 0 aromatic rings. The maximum absolute atomic E-state index is 11.9. The highest BCUT2D eigenvalue weighted by Gasteiger charge is 2.31. The molecule has 0 radical (unpaired) electrons. The summed E-state index contributed by atoms with van der Waals surface area (Å²) < 4.78 is 5.37. The van der Waals surface area contributed by atoms with Gasteiger partial charge in [-0.05, 0) is 26.2 Å². The maximum Gasteiger partial charge on any atom is 0.240 e. The third-order valence-electron chi connectivity index (χ3n) is 2.80. The lowest BCUT2D eigenvalue weighted by Crippen LogP contribution is -2.42. The predicted octanol–water partition coefficient (Wildman–Crippen LogP) is 2.03. The minimum absolute atomic E-state index is 0.0707. The maximum atomic E-state index is 11.9. The zero-order valence-electron chi connectivity index (χ0n) is 9.54. The number of carbonyl (C=O) groups is 1. The van der Waals surface area contributed by atoms with E-state index in [0.717, 1.165) is 19.4 Å². The van der Waals surface area contributed by atoms with Crippen molar-refractivity contribution >= 4 is 17.5 Å². The van der Waals surface area contributed by atoms with Crippen LogP contribution in [-0.4, -0.2) is 42.0 Å². The van der Waals surface area contributed by atoms with Gasteiger partial charge in [0.15, 0.2) is 0 Å². The summed E-state index contributed by atoms with van der Waals surface area (Å²) in [5.74, 6) is 0.0707. The Labute approximate surface area is 96.7 Å². The Hall–Kier alpha value is -0.280. The van der Waals surface area contributed by atoms with E-state index in [1.54, 1.807) is 0 Å². The van der Waals surface area contributed by atoms with Gasteiger partial charge in [-0.2, -0.15) is 0 Å². The number of halogens is 1. The summed E-state index contributed by atoms with van der Waals surface area (Å²) in [5.41, 5.74) is 0. The monoisotopic (exact) mass is 233 g/mol. The van der Waals surface area contributed by atoms with E-state index in [1.165, 1.54) is 0 Å². The van der Waals surface area contributed by atoms with Crippen molar-refractivity contribution in [3.05, 3.63) is 0 Å². The van der Waals surface area contributed by atoms with Gasteiger partial charge in [0.05, 0.1) is 12.6 Å². The van der Waals surface area contributed by atoms with Crippen molar-refractivity contribution in [1.82, 2.24) is 4.90 Å². The van der Waals surface area contributed by atoms with E-state index in [2.05, 4.69) is 0 Å². The minimum Gasteiger partial charge on any atom is -0.380 e. The number of ether oxygens (including phenoxy) is 1. The molecule has 0 N–H and O–H groups in total. The molecule has 1 amide bonds. The van der Waals surface area contributed by atoms with Crippen molar-refractivity contribution in [2.24, 2.45) is 0 Å². The normalized spacial score (nSPS) is 23.1. The van der Waals surface area contributed by atoms with Crippen molar-refractivity contribution in [2.45, 2.75) is 44.5 Å². The number of likely N-dealkylation sites (tertiary alicyclic amines) is 1. The molecule has 0 aromatic heterocycles. The van der Waals surface area contributed by atoms with Crippen LogP contribution in [0.15, 0.2) is 0 Å². The Bertz CT molecular complexity index is 211. The molecule has 15 heavy (non-hydrogen) atoms. The van der Waals surface area contributed by atoms with Crippen LogP contribution in [-0.2, 0) is 9.53 Å². The van der Waals surface area contributed by atoms with Crippen LogP contribution in [0.1, 0.15) is 33.1 Å². The zero-order chi connectivity index (χ0) is 11.3. The van der Waals surface area contributed by atoms with Crippen LogP contribution in [0.25, 0.3) is 0 Å². The first-order chi connectivity index (χ1) is 7.20. The molecule has 1 fully saturated rings. The van der Waals surface area contributed by atoms with Gasteiger partial charge in [0, 0.05) is 13.2 Å². The fourth-order valence-electron chi connectivity index (χ4n) is 1.91. The number of carbonyl (C=O) groups excluding carboxylic acids is 1. The Balaban J connectivity index is 2.48. The average molecular weight is 234 g/mol. The lowest BCUT2D eigenvalue weighted by atomic mass is 10.2. The van der Waals surface area contributed by atoms with Crippen LogP contribution in [0.5, 0.6) is 0 Å². The second-order valence-corrected chi connectivity index (χ2v) is 4.39. The molecule has 0 unspecified atom stereocenters. The summed E-state index contributed by atoms with van der Waals surface area (Å²) in [6.07, 6.45) is 2.80. The van der Waals surface area contributed by atoms with Gasteiger partial charge in [-0.15, -0.1) is 11.6 Å². The van der Waals surface area contributed by atoms with Gasteiger partial charge < -0.3 is 9.64 Å². The van der Waals surface area contributed by atoms with Crippen molar-refractivity contribution in [3.8, 4) is 0 Å². The number of hydrogen-bond acceptors (Lipinski definition) is 2. The molecule has 88 valence electrons. The lowest BCUT2D eigenvalue weighted by molar-refractivity contribution is -0.132. The molecule has 0 aromatic carbocycles. The van der Waals surface area contributed by atoms with Gasteiger partial charge in [-0.25, -0.2) is 0 Å². The van der Waals surface area contributed by atoms with Gasteiger partial charge in [0.1, 0.15) is 5.38 Å². The number of hydrogen-bond donors (Lipinski definition) is 0. The summed E-state index contributed by atoms with van der Waals surface area (Å²) >= 11 is 5.96. The van der Waals surface area contributed by atoms with Crippen LogP contribution < -0.4 is 0 Å². The molecule has 4 heteroatoms. The molecule has 1 rings (SSSR count). The van der Waals surface area contributed by atoms with E-state index in [0.29, 0.717) is 19.6 Å². The first kappa shape index (κ1) is 12.8. The molecule has 1 heterocycles. The van der Waals surface area contributed by atoms with E-state index in [4.69, 9.17) is 16.3 Å². The molecular weight excluding hydrogens is 214 g/mol. The van der Waals surface area contributed by atoms with E-state index in [1.807, 2.05) is 18.7 Å². The number of nitrogens with zero attached hydrogens (tertiary/aromatic N) is 1. The zero-order valence-corrected chi connectivity index (χ0v) is 10.3. The van der Waals surface area contributed by atoms with Crippen LogP contribution in [0.4, 0.5) is 0 Å². The second-order valence-electron chi connectivity index (χ2n) is 3.86. The first-order valence-corrected chi connectivity index (χ1v) is 6.16. The van der Waals surface area contributed by atoms with E-state index >= 15 is 0 Å². The van der Waals surface area contributed by atoms with E-state index in [-0.39, 0.29) is 17.3 Å². The summed E-state index contributed by atoms with van der Waals surface area (Å²) in [6, 6.07) is 0.241. The Kier molecular flexibility index (Phi) is 5.40. The Morgan fingerprint density at radius 2 is 2.33 bits per heavy atom. The van der Waals surface area contributed by atoms with E-state index < -0.39 is 0 Å². The average Bonchev–Trinajstić information content (AvgIpc) is 2.72.